The molecule has 0 spiro atoms. The molecular formula is C11H10Cl2F3NO. The molecule has 0 unspecified atom stereocenters. The first-order valence-corrected chi connectivity index (χ1v) is 5.77. The van der Waals surface area contributed by atoms with Gasteiger partial charge in [0.15, 0.2) is 5.78 Å². The molecule has 0 fully saturated rings. The molecule has 1 N–H and O–H groups in total. The number of alkyl halides is 3. The average Bonchev–Trinajstić information content (AvgIpc) is 2.22. The summed E-state index contributed by atoms with van der Waals surface area (Å²) in [5.41, 5.74) is 0.430. The van der Waals surface area contributed by atoms with Gasteiger partial charge in [-0.2, -0.15) is 13.2 Å². The van der Waals surface area contributed by atoms with Gasteiger partial charge in [-0.25, -0.2) is 0 Å². The van der Waals surface area contributed by atoms with Crippen molar-refractivity contribution >= 4 is 29.0 Å². The Kier molecular flexibility index (Phi) is 5.44. The largest absolute Gasteiger partial charge is 0.401 e. The molecule has 0 saturated heterocycles. The zero-order valence-electron chi connectivity index (χ0n) is 9.15. The summed E-state index contributed by atoms with van der Waals surface area (Å²) in [7, 11) is 0. The standard InChI is InChI=1S/C11H10Cl2F3NO/c12-9-2-1-3-10(13)8(9)4-7(18)5-17-6-11(14,15)16/h1-3,17H,4-6H2. The van der Waals surface area contributed by atoms with Gasteiger partial charge < -0.3 is 5.32 Å². The Morgan fingerprint density at radius 3 is 2.28 bits per heavy atom. The minimum absolute atomic E-state index is 0.0939. The van der Waals surface area contributed by atoms with Crippen LogP contribution in [0.15, 0.2) is 18.2 Å². The van der Waals surface area contributed by atoms with Gasteiger partial charge in [-0.1, -0.05) is 29.3 Å². The summed E-state index contributed by atoms with van der Waals surface area (Å²) >= 11 is 11.7. The Hall–Kier alpha value is -0.780. The Morgan fingerprint density at radius 2 is 1.78 bits per heavy atom. The van der Waals surface area contributed by atoms with E-state index in [-0.39, 0.29) is 13.0 Å². The zero-order chi connectivity index (χ0) is 13.8. The molecule has 0 amide bonds. The third-order valence-corrected chi connectivity index (χ3v) is 2.79. The third kappa shape index (κ3) is 5.25. The first-order valence-electron chi connectivity index (χ1n) is 5.01. The summed E-state index contributed by atoms with van der Waals surface area (Å²) in [6.07, 6.45) is -4.42. The number of ketones is 1. The lowest BCUT2D eigenvalue weighted by atomic mass is 10.1. The van der Waals surface area contributed by atoms with E-state index in [0.29, 0.717) is 15.6 Å². The van der Waals surface area contributed by atoms with Gasteiger partial charge in [-0.3, -0.25) is 4.79 Å². The van der Waals surface area contributed by atoms with Gasteiger partial charge in [0.2, 0.25) is 0 Å². The van der Waals surface area contributed by atoms with Gasteiger partial charge in [0.1, 0.15) is 0 Å². The van der Waals surface area contributed by atoms with Crippen molar-refractivity contribution in [3.8, 4) is 0 Å². The summed E-state index contributed by atoms with van der Waals surface area (Å²) in [5, 5.41) is 2.67. The molecule has 18 heavy (non-hydrogen) atoms. The molecule has 1 aromatic rings. The van der Waals surface area contributed by atoms with Crippen LogP contribution in [0.25, 0.3) is 0 Å². The maximum Gasteiger partial charge on any atom is 0.401 e. The van der Waals surface area contributed by atoms with Crippen molar-refractivity contribution in [1.82, 2.24) is 5.32 Å². The van der Waals surface area contributed by atoms with E-state index in [1.54, 1.807) is 18.2 Å². The van der Waals surface area contributed by atoms with Crippen LogP contribution in [0, 0.1) is 0 Å². The number of halogens is 5. The van der Waals surface area contributed by atoms with Gasteiger partial charge in [0, 0.05) is 16.5 Å². The average molecular weight is 300 g/mol. The van der Waals surface area contributed by atoms with Crippen molar-refractivity contribution in [2.75, 3.05) is 13.1 Å². The molecule has 0 aliphatic heterocycles. The number of benzene rings is 1. The maximum atomic E-state index is 11.8. The minimum Gasteiger partial charge on any atom is -0.302 e. The van der Waals surface area contributed by atoms with Crippen molar-refractivity contribution in [3.05, 3.63) is 33.8 Å². The van der Waals surface area contributed by atoms with E-state index in [0.717, 1.165) is 0 Å². The van der Waals surface area contributed by atoms with Gasteiger partial charge >= 0.3 is 6.18 Å². The SMILES string of the molecule is O=C(CNCC(F)(F)F)Cc1c(Cl)cccc1Cl. The lowest BCUT2D eigenvalue weighted by Gasteiger charge is -2.09. The second kappa shape index (κ2) is 6.41. The summed E-state index contributed by atoms with van der Waals surface area (Å²) in [6.45, 7) is -1.57. The third-order valence-electron chi connectivity index (χ3n) is 2.08. The van der Waals surface area contributed by atoms with E-state index >= 15 is 0 Å². The number of hydrogen-bond acceptors (Lipinski definition) is 2. The van der Waals surface area contributed by atoms with Crippen molar-refractivity contribution in [3.63, 3.8) is 0 Å². The predicted octanol–water partition coefficient (Wildman–Crippen LogP) is 3.26. The van der Waals surface area contributed by atoms with Crippen LogP contribution in [-0.2, 0) is 11.2 Å². The van der Waals surface area contributed by atoms with Crippen LogP contribution in [-0.4, -0.2) is 25.0 Å². The fraction of sp³-hybridized carbons (Fsp3) is 0.364. The Labute approximate surface area is 112 Å². The monoisotopic (exact) mass is 299 g/mol. The molecule has 0 aliphatic carbocycles. The highest BCUT2D eigenvalue weighted by Gasteiger charge is 2.26. The smallest absolute Gasteiger partial charge is 0.302 e. The number of rotatable bonds is 5. The van der Waals surface area contributed by atoms with Crippen LogP contribution < -0.4 is 5.32 Å². The molecule has 1 rings (SSSR count). The second-order valence-electron chi connectivity index (χ2n) is 3.63. The fourth-order valence-corrected chi connectivity index (χ4v) is 1.84. The van der Waals surface area contributed by atoms with E-state index in [9.17, 15) is 18.0 Å². The van der Waals surface area contributed by atoms with Crippen LogP contribution in [0.5, 0.6) is 0 Å². The van der Waals surface area contributed by atoms with E-state index in [4.69, 9.17) is 23.2 Å². The molecule has 0 atom stereocenters. The molecular weight excluding hydrogens is 290 g/mol. The van der Waals surface area contributed by atoms with Crippen LogP contribution in [0.3, 0.4) is 0 Å². The highest BCUT2D eigenvalue weighted by atomic mass is 35.5. The molecule has 0 aromatic heterocycles. The van der Waals surface area contributed by atoms with Gasteiger partial charge in [-0.15, -0.1) is 0 Å². The second-order valence-corrected chi connectivity index (χ2v) is 4.45. The van der Waals surface area contributed by atoms with Crippen molar-refractivity contribution in [1.29, 1.82) is 0 Å². The number of hydrogen-bond donors (Lipinski definition) is 1. The quantitative estimate of drug-likeness (QED) is 0.904. The molecule has 7 heteroatoms. The van der Waals surface area contributed by atoms with Crippen molar-refractivity contribution in [2.45, 2.75) is 12.6 Å². The number of nitrogens with one attached hydrogen (secondary N) is 1. The lowest BCUT2D eigenvalue weighted by Crippen LogP contribution is -2.33. The molecule has 1 aromatic carbocycles. The highest BCUT2D eigenvalue weighted by molar-refractivity contribution is 6.36. The summed E-state index contributed by atoms with van der Waals surface area (Å²) in [5.74, 6) is -0.408. The van der Waals surface area contributed by atoms with Gasteiger partial charge in [-0.05, 0) is 17.7 Å². The topological polar surface area (TPSA) is 29.1 Å². The molecule has 2 nitrogen and oxygen atoms in total. The zero-order valence-corrected chi connectivity index (χ0v) is 10.7. The van der Waals surface area contributed by atoms with Gasteiger partial charge in [0.05, 0.1) is 13.1 Å². The molecule has 0 saturated carbocycles. The fourth-order valence-electron chi connectivity index (χ4n) is 1.30. The molecule has 100 valence electrons. The summed E-state index contributed by atoms with van der Waals surface area (Å²) in [4.78, 5) is 11.5. The first kappa shape index (κ1) is 15.3. The Morgan fingerprint density at radius 1 is 1.22 bits per heavy atom. The molecule has 0 aliphatic rings. The number of carbonyl (C=O) groups is 1. The Bertz CT molecular complexity index is 415. The normalized spacial score (nSPS) is 11.6. The van der Waals surface area contributed by atoms with E-state index in [1.165, 1.54) is 0 Å². The van der Waals surface area contributed by atoms with Crippen molar-refractivity contribution < 1.29 is 18.0 Å². The summed E-state index contributed by atoms with van der Waals surface area (Å²) < 4.78 is 35.5. The highest BCUT2D eigenvalue weighted by Crippen LogP contribution is 2.24. The van der Waals surface area contributed by atoms with E-state index in [1.807, 2.05) is 5.32 Å². The number of carbonyl (C=O) groups excluding carboxylic acids is 1. The van der Waals surface area contributed by atoms with E-state index in [2.05, 4.69) is 0 Å². The van der Waals surface area contributed by atoms with Crippen LogP contribution in [0.4, 0.5) is 13.2 Å². The van der Waals surface area contributed by atoms with Gasteiger partial charge in [0.25, 0.3) is 0 Å². The van der Waals surface area contributed by atoms with Crippen LogP contribution in [0.1, 0.15) is 5.56 Å². The lowest BCUT2D eigenvalue weighted by molar-refractivity contribution is -0.127. The van der Waals surface area contributed by atoms with Crippen LogP contribution in [0.2, 0.25) is 10.0 Å². The summed E-state index contributed by atoms with van der Waals surface area (Å²) in [6, 6.07) is 4.76. The maximum absolute atomic E-state index is 11.8. The molecule has 0 bridgehead atoms. The molecule has 0 heterocycles. The predicted molar refractivity (Wildman–Crippen MR) is 64.1 cm³/mol. The van der Waals surface area contributed by atoms with Crippen LogP contribution >= 0.6 is 23.2 Å². The van der Waals surface area contributed by atoms with Crippen molar-refractivity contribution in [2.24, 2.45) is 0 Å². The van der Waals surface area contributed by atoms with E-state index < -0.39 is 18.5 Å². The Balaban J connectivity index is 2.50. The number of Topliss-reactive ketones (excluding diaryl/α,β-unsaturated/α-hetero) is 1. The first-order chi connectivity index (χ1) is 8.29. The minimum atomic E-state index is -4.33. The molecule has 0 radical (unpaired) electrons.